The van der Waals surface area contributed by atoms with Crippen LogP contribution >= 0.6 is 11.6 Å². The number of halogens is 1. The summed E-state index contributed by atoms with van der Waals surface area (Å²) in [4.78, 5) is 41.0. The minimum Gasteiger partial charge on any atom is -0.497 e. The molecule has 3 unspecified atom stereocenters. The largest absolute Gasteiger partial charge is 0.497 e. The van der Waals surface area contributed by atoms with E-state index in [2.05, 4.69) is 21.7 Å². The van der Waals surface area contributed by atoms with Gasteiger partial charge in [-0.3, -0.25) is 14.4 Å². The van der Waals surface area contributed by atoms with E-state index in [9.17, 15) is 19.6 Å². The second kappa shape index (κ2) is 9.84. The van der Waals surface area contributed by atoms with Gasteiger partial charge in [0.2, 0.25) is 11.8 Å². The number of H-pyrrole nitrogens is 1. The normalized spacial score (nSPS) is 19.5. The summed E-state index contributed by atoms with van der Waals surface area (Å²) < 4.78 is 5.23. The lowest BCUT2D eigenvalue weighted by Gasteiger charge is -2.19. The highest BCUT2D eigenvalue weighted by molar-refractivity contribution is 6.35. The number of ketones is 1. The topological polar surface area (TPSA) is 124 Å². The maximum absolute atomic E-state index is 13.1. The summed E-state index contributed by atoms with van der Waals surface area (Å²) in [5.74, 6) is -0.364. The van der Waals surface area contributed by atoms with Gasteiger partial charge in [0.25, 0.3) is 0 Å². The number of methoxy groups -OCH3 is 1. The first-order chi connectivity index (χ1) is 15.9. The van der Waals surface area contributed by atoms with Gasteiger partial charge in [0.15, 0.2) is 5.78 Å². The van der Waals surface area contributed by atoms with E-state index >= 15 is 0 Å². The monoisotopic (exact) mass is 470 g/mol. The molecule has 0 bridgehead atoms. The van der Waals surface area contributed by atoms with Crippen molar-refractivity contribution in [2.45, 2.75) is 44.6 Å². The summed E-state index contributed by atoms with van der Waals surface area (Å²) >= 11 is 6.30. The molecule has 174 valence electrons. The Morgan fingerprint density at radius 2 is 2.06 bits per heavy atom. The van der Waals surface area contributed by atoms with Crippen LogP contribution in [0.5, 0.6) is 5.75 Å². The molecule has 3 N–H and O–H groups in total. The predicted molar refractivity (Wildman–Crippen MR) is 123 cm³/mol. The van der Waals surface area contributed by atoms with Crippen molar-refractivity contribution in [2.75, 3.05) is 13.7 Å². The number of aromatic nitrogens is 1. The SMILES string of the molecule is COc1cc(Cl)c2[nH]c(C(=O)CC(CC3CC3)C(=O)NC(C#N)CC3CCNC3=O)cc2c1. The number of carbonyl (C=O) groups excluding carboxylic acids is 3. The van der Waals surface area contributed by atoms with Crippen LogP contribution in [0.3, 0.4) is 0 Å². The van der Waals surface area contributed by atoms with Crippen LogP contribution in [-0.2, 0) is 9.59 Å². The Bertz CT molecular complexity index is 1120. The molecule has 3 atom stereocenters. The molecule has 2 heterocycles. The van der Waals surface area contributed by atoms with E-state index in [1.807, 2.05) is 0 Å². The predicted octanol–water partition coefficient (Wildman–Crippen LogP) is 3.35. The molecule has 2 aromatic rings. The zero-order chi connectivity index (χ0) is 23.5. The second-order valence-electron chi connectivity index (χ2n) is 8.96. The number of hydrogen-bond donors (Lipinski definition) is 3. The highest BCUT2D eigenvalue weighted by atomic mass is 35.5. The molecular weight excluding hydrogens is 444 g/mol. The van der Waals surface area contributed by atoms with Gasteiger partial charge in [0.1, 0.15) is 11.8 Å². The van der Waals surface area contributed by atoms with Crippen molar-refractivity contribution in [1.29, 1.82) is 5.26 Å². The minimum absolute atomic E-state index is 0.0337. The molecule has 8 nitrogen and oxygen atoms in total. The van der Waals surface area contributed by atoms with E-state index in [1.165, 1.54) is 0 Å². The van der Waals surface area contributed by atoms with Gasteiger partial charge in [-0.1, -0.05) is 24.4 Å². The van der Waals surface area contributed by atoms with E-state index in [1.54, 1.807) is 25.3 Å². The van der Waals surface area contributed by atoms with Crippen molar-refractivity contribution in [3.63, 3.8) is 0 Å². The zero-order valence-electron chi connectivity index (χ0n) is 18.4. The number of benzene rings is 1. The molecule has 9 heteroatoms. The van der Waals surface area contributed by atoms with Gasteiger partial charge in [-0.15, -0.1) is 0 Å². The van der Waals surface area contributed by atoms with Crippen molar-refractivity contribution in [2.24, 2.45) is 17.8 Å². The molecule has 1 aliphatic carbocycles. The first-order valence-corrected chi connectivity index (χ1v) is 11.6. The van der Waals surface area contributed by atoms with E-state index in [4.69, 9.17) is 16.3 Å². The number of Topliss-reactive ketones (excluding diaryl/α,β-unsaturated/α-hetero) is 1. The van der Waals surface area contributed by atoms with Crippen LogP contribution in [0.2, 0.25) is 5.02 Å². The first kappa shape index (κ1) is 23.1. The number of nitrogens with zero attached hydrogens (tertiary/aromatic N) is 1. The van der Waals surface area contributed by atoms with Gasteiger partial charge in [0.05, 0.1) is 29.4 Å². The average molecular weight is 471 g/mol. The molecule has 1 aliphatic heterocycles. The number of nitriles is 1. The van der Waals surface area contributed by atoms with E-state index in [-0.39, 0.29) is 36.4 Å². The number of hydrogen-bond acceptors (Lipinski definition) is 5. The van der Waals surface area contributed by atoms with Crippen LogP contribution in [0.15, 0.2) is 18.2 Å². The van der Waals surface area contributed by atoms with Gasteiger partial charge < -0.3 is 20.4 Å². The number of aromatic amines is 1. The Morgan fingerprint density at radius 3 is 2.70 bits per heavy atom. The first-order valence-electron chi connectivity index (χ1n) is 11.2. The van der Waals surface area contributed by atoms with Gasteiger partial charge in [-0.2, -0.15) is 5.26 Å². The Labute approximate surface area is 197 Å². The van der Waals surface area contributed by atoms with E-state index < -0.39 is 12.0 Å². The summed E-state index contributed by atoms with van der Waals surface area (Å²) in [5, 5.41) is 16.2. The quantitative estimate of drug-likeness (QED) is 0.459. The number of fused-ring (bicyclic) bond motifs is 1. The molecule has 1 aromatic heterocycles. The van der Waals surface area contributed by atoms with Gasteiger partial charge in [-0.05, 0) is 37.3 Å². The molecule has 0 spiro atoms. The fourth-order valence-corrected chi connectivity index (χ4v) is 4.67. The third kappa shape index (κ3) is 5.48. The lowest BCUT2D eigenvalue weighted by molar-refractivity contribution is -0.127. The van der Waals surface area contributed by atoms with Gasteiger partial charge >= 0.3 is 0 Å². The van der Waals surface area contributed by atoms with E-state index in [0.717, 1.165) is 18.2 Å². The maximum Gasteiger partial charge on any atom is 0.224 e. The molecule has 2 aliphatic rings. The average Bonchev–Trinajstić information content (AvgIpc) is 3.36. The molecule has 2 amide bonds. The number of nitrogens with one attached hydrogen (secondary N) is 3. The summed E-state index contributed by atoms with van der Waals surface area (Å²) in [6, 6.07) is 6.51. The lowest BCUT2D eigenvalue weighted by atomic mass is 9.93. The fraction of sp³-hybridized carbons (Fsp3) is 0.500. The molecule has 33 heavy (non-hydrogen) atoms. The Hall–Kier alpha value is -3.05. The Balaban J connectivity index is 1.45. The van der Waals surface area contributed by atoms with Crippen LogP contribution in [0.25, 0.3) is 10.9 Å². The number of ether oxygens (including phenoxy) is 1. The van der Waals surface area contributed by atoms with E-state index in [0.29, 0.717) is 47.3 Å². The third-order valence-electron chi connectivity index (χ3n) is 6.46. The van der Waals surface area contributed by atoms with Crippen LogP contribution < -0.4 is 15.4 Å². The summed E-state index contributed by atoms with van der Waals surface area (Å²) in [6.45, 7) is 0.592. The standard InChI is InChI=1S/C24H27ClN4O4/c1-33-18-8-15-9-20(29-22(15)19(25)11-18)21(30)10-16(6-13-2-3-13)24(32)28-17(12-26)7-14-4-5-27-23(14)31/h8-9,11,13-14,16-17,29H,2-7,10H2,1H3,(H,27,31)(H,28,32). The molecule has 1 aromatic carbocycles. The lowest BCUT2D eigenvalue weighted by Crippen LogP contribution is -2.40. The van der Waals surface area contributed by atoms with Gasteiger partial charge in [-0.25, -0.2) is 0 Å². The van der Waals surface area contributed by atoms with Crippen molar-refractivity contribution in [1.82, 2.24) is 15.6 Å². The minimum atomic E-state index is -0.762. The molecule has 1 saturated carbocycles. The summed E-state index contributed by atoms with van der Waals surface area (Å²) in [6.07, 6.45) is 3.67. The second-order valence-corrected chi connectivity index (χ2v) is 9.37. The summed E-state index contributed by atoms with van der Waals surface area (Å²) in [5.41, 5.74) is 1.02. The van der Waals surface area contributed by atoms with Crippen LogP contribution in [0, 0.1) is 29.1 Å². The van der Waals surface area contributed by atoms with Crippen molar-refractivity contribution in [3.05, 3.63) is 28.9 Å². The third-order valence-corrected chi connectivity index (χ3v) is 6.76. The Kier molecular flexibility index (Phi) is 6.89. The number of rotatable bonds is 10. The van der Waals surface area contributed by atoms with Crippen molar-refractivity contribution < 1.29 is 19.1 Å². The van der Waals surface area contributed by atoms with Crippen LogP contribution in [0.1, 0.15) is 49.0 Å². The number of carbonyl (C=O) groups is 3. The smallest absolute Gasteiger partial charge is 0.224 e. The molecule has 2 fully saturated rings. The van der Waals surface area contributed by atoms with Crippen LogP contribution in [-0.4, -0.2) is 42.3 Å². The molecule has 1 saturated heterocycles. The highest BCUT2D eigenvalue weighted by Gasteiger charge is 2.33. The highest BCUT2D eigenvalue weighted by Crippen LogP contribution is 2.37. The molecule has 0 radical (unpaired) electrons. The van der Waals surface area contributed by atoms with Gasteiger partial charge in [0, 0.05) is 36.3 Å². The molecule has 4 rings (SSSR count). The zero-order valence-corrected chi connectivity index (χ0v) is 19.2. The summed E-state index contributed by atoms with van der Waals surface area (Å²) in [7, 11) is 1.55. The Morgan fingerprint density at radius 1 is 1.27 bits per heavy atom. The van der Waals surface area contributed by atoms with Crippen molar-refractivity contribution in [3.8, 4) is 11.8 Å². The number of amides is 2. The maximum atomic E-state index is 13.1. The fourth-order valence-electron chi connectivity index (χ4n) is 4.40. The van der Waals surface area contributed by atoms with Crippen molar-refractivity contribution >= 4 is 40.1 Å². The molecular formula is C24H27ClN4O4. The van der Waals surface area contributed by atoms with Crippen LogP contribution in [0.4, 0.5) is 0 Å².